The van der Waals surface area contributed by atoms with Crippen LogP contribution >= 0.6 is 0 Å². The molecule has 1 aromatic heterocycles. The Kier molecular flexibility index (Phi) is 6.21. The van der Waals surface area contributed by atoms with Gasteiger partial charge in [0.1, 0.15) is 5.56 Å². The van der Waals surface area contributed by atoms with Gasteiger partial charge in [0.05, 0.1) is 0 Å². The lowest BCUT2D eigenvalue weighted by molar-refractivity contribution is 0.0949. The summed E-state index contributed by atoms with van der Waals surface area (Å²) < 4.78 is 26.3. The summed E-state index contributed by atoms with van der Waals surface area (Å²) in [6, 6.07) is 12.7. The molecule has 148 valence electrons. The first-order chi connectivity index (χ1) is 13.8. The molecule has 0 saturated carbocycles. The Morgan fingerprint density at radius 1 is 1.00 bits per heavy atom. The van der Waals surface area contributed by atoms with Crippen molar-refractivity contribution in [1.29, 1.82) is 0 Å². The Bertz CT molecular complexity index is 1100. The molecule has 0 aliphatic carbocycles. The summed E-state index contributed by atoms with van der Waals surface area (Å²) in [6.45, 7) is 0.0927. The van der Waals surface area contributed by atoms with Gasteiger partial charge in [0.25, 0.3) is 11.5 Å². The van der Waals surface area contributed by atoms with E-state index < -0.39 is 30.2 Å². The molecule has 0 saturated heterocycles. The molecule has 0 unspecified atom stereocenters. The Hall–Kier alpha value is -3.30. The predicted octanol–water partition coefficient (Wildman–Crippen LogP) is 0.854. The number of H-pyrrole nitrogens is 1. The second-order valence-electron chi connectivity index (χ2n) is 6.45. The average molecular weight is 398 g/mol. The topological polar surface area (TPSA) is 102 Å². The molecule has 1 heterocycles. The number of amides is 1. The number of halogens is 2. The number of pyridine rings is 1. The van der Waals surface area contributed by atoms with E-state index in [-0.39, 0.29) is 24.0 Å². The summed E-state index contributed by atoms with van der Waals surface area (Å²) in [5.74, 6) is -2.52. The van der Waals surface area contributed by atoms with Crippen molar-refractivity contribution in [3.63, 3.8) is 0 Å². The number of hydrogen-bond donors (Lipinski definition) is 4. The molecule has 3 aromatic rings. The maximum absolute atomic E-state index is 13.3. The van der Waals surface area contributed by atoms with Crippen LogP contribution in [-0.2, 0) is 13.0 Å². The van der Waals surface area contributed by atoms with E-state index in [2.05, 4.69) is 10.3 Å². The van der Waals surface area contributed by atoms with Crippen LogP contribution in [0, 0.1) is 11.6 Å². The van der Waals surface area contributed by atoms with Gasteiger partial charge in [-0.1, -0.05) is 30.3 Å². The number of benzene rings is 2. The standard InChI is InChI=1S/C20H17BF2N2O4/c22-17-7-4-12(10-18(17)23)9-15-5-6-16(20(27)25-15)19(26)24-11-13-2-1-3-14(8-13)21(28)29/h1-8,10,28-29H,9,11H2,(H,24,26)(H,25,27). The third kappa shape index (κ3) is 5.15. The molecule has 0 fully saturated rings. The second kappa shape index (κ2) is 8.81. The van der Waals surface area contributed by atoms with Crippen LogP contribution in [0.2, 0.25) is 0 Å². The molecular formula is C20H17BF2N2O4. The van der Waals surface area contributed by atoms with E-state index >= 15 is 0 Å². The highest BCUT2D eigenvalue weighted by Gasteiger charge is 2.13. The zero-order valence-corrected chi connectivity index (χ0v) is 15.2. The molecule has 6 nitrogen and oxygen atoms in total. The smallest absolute Gasteiger partial charge is 0.423 e. The number of aromatic amines is 1. The van der Waals surface area contributed by atoms with Crippen LogP contribution in [0.15, 0.2) is 59.4 Å². The average Bonchev–Trinajstić information content (AvgIpc) is 2.69. The van der Waals surface area contributed by atoms with E-state index in [4.69, 9.17) is 0 Å². The largest absolute Gasteiger partial charge is 0.488 e. The molecule has 2 aromatic carbocycles. The fourth-order valence-electron chi connectivity index (χ4n) is 2.81. The van der Waals surface area contributed by atoms with Gasteiger partial charge < -0.3 is 20.3 Å². The van der Waals surface area contributed by atoms with Crippen molar-refractivity contribution in [2.24, 2.45) is 0 Å². The highest BCUT2D eigenvalue weighted by atomic mass is 19.2. The highest BCUT2D eigenvalue weighted by Crippen LogP contribution is 2.12. The van der Waals surface area contributed by atoms with Gasteiger partial charge in [-0.15, -0.1) is 0 Å². The summed E-state index contributed by atoms with van der Waals surface area (Å²) in [7, 11) is -1.62. The van der Waals surface area contributed by atoms with Crippen LogP contribution in [0.4, 0.5) is 8.78 Å². The summed E-state index contributed by atoms with van der Waals surface area (Å²) in [6.07, 6.45) is 0.171. The van der Waals surface area contributed by atoms with Gasteiger partial charge in [0.15, 0.2) is 11.6 Å². The highest BCUT2D eigenvalue weighted by molar-refractivity contribution is 6.58. The second-order valence-corrected chi connectivity index (χ2v) is 6.45. The van der Waals surface area contributed by atoms with Crippen LogP contribution in [0.1, 0.15) is 27.2 Å². The number of carbonyl (C=O) groups is 1. The summed E-state index contributed by atoms with van der Waals surface area (Å²) >= 11 is 0. The first kappa shape index (κ1) is 20.4. The van der Waals surface area contributed by atoms with Crippen LogP contribution in [0.5, 0.6) is 0 Å². The van der Waals surface area contributed by atoms with Gasteiger partial charge in [-0.3, -0.25) is 9.59 Å². The van der Waals surface area contributed by atoms with Gasteiger partial charge in [0, 0.05) is 18.7 Å². The minimum Gasteiger partial charge on any atom is -0.423 e. The molecule has 9 heteroatoms. The van der Waals surface area contributed by atoms with E-state index in [1.54, 1.807) is 12.1 Å². The fourth-order valence-corrected chi connectivity index (χ4v) is 2.81. The number of rotatable bonds is 6. The Balaban J connectivity index is 1.68. The van der Waals surface area contributed by atoms with E-state index in [1.807, 2.05) is 0 Å². The molecule has 3 rings (SSSR count). The first-order valence-corrected chi connectivity index (χ1v) is 8.73. The molecule has 0 spiro atoms. The lowest BCUT2D eigenvalue weighted by Crippen LogP contribution is -2.32. The van der Waals surface area contributed by atoms with Gasteiger partial charge in [-0.2, -0.15) is 0 Å². The number of aromatic nitrogens is 1. The quantitative estimate of drug-likeness (QED) is 0.463. The van der Waals surface area contributed by atoms with Crippen molar-refractivity contribution in [2.75, 3.05) is 0 Å². The fraction of sp³-hybridized carbons (Fsp3) is 0.100. The van der Waals surface area contributed by atoms with Crippen molar-refractivity contribution < 1.29 is 23.6 Å². The third-order valence-electron chi connectivity index (χ3n) is 4.30. The maximum Gasteiger partial charge on any atom is 0.488 e. The zero-order chi connectivity index (χ0) is 21.0. The van der Waals surface area contributed by atoms with Gasteiger partial charge in [0.2, 0.25) is 0 Å². The van der Waals surface area contributed by atoms with Gasteiger partial charge >= 0.3 is 7.12 Å². The predicted molar refractivity (Wildman–Crippen MR) is 104 cm³/mol. The van der Waals surface area contributed by atoms with Gasteiger partial charge in [-0.05, 0) is 40.9 Å². The molecule has 0 aliphatic heterocycles. The molecular weight excluding hydrogens is 381 g/mol. The van der Waals surface area contributed by atoms with Crippen LogP contribution in [0.3, 0.4) is 0 Å². The van der Waals surface area contributed by atoms with E-state index in [0.29, 0.717) is 16.8 Å². The Morgan fingerprint density at radius 2 is 1.79 bits per heavy atom. The van der Waals surface area contributed by atoms with Gasteiger partial charge in [-0.25, -0.2) is 8.78 Å². The van der Waals surface area contributed by atoms with Crippen molar-refractivity contribution in [2.45, 2.75) is 13.0 Å². The van der Waals surface area contributed by atoms with E-state index in [9.17, 15) is 28.4 Å². The van der Waals surface area contributed by atoms with Crippen molar-refractivity contribution in [3.8, 4) is 0 Å². The zero-order valence-electron chi connectivity index (χ0n) is 15.2. The van der Waals surface area contributed by atoms with Crippen LogP contribution in [0.25, 0.3) is 0 Å². The molecule has 1 amide bonds. The van der Waals surface area contributed by atoms with Crippen LogP contribution < -0.4 is 16.3 Å². The maximum atomic E-state index is 13.3. The Labute approximate surface area is 165 Å². The molecule has 4 N–H and O–H groups in total. The van der Waals surface area contributed by atoms with Crippen LogP contribution in [-0.4, -0.2) is 28.1 Å². The van der Waals surface area contributed by atoms with Crippen molar-refractivity contribution in [1.82, 2.24) is 10.3 Å². The lowest BCUT2D eigenvalue weighted by Gasteiger charge is -2.08. The summed E-state index contributed by atoms with van der Waals surface area (Å²) in [4.78, 5) is 27.1. The normalized spacial score (nSPS) is 10.6. The van der Waals surface area contributed by atoms with Crippen molar-refractivity contribution >= 4 is 18.5 Å². The van der Waals surface area contributed by atoms with E-state index in [1.165, 1.54) is 30.3 Å². The third-order valence-corrected chi connectivity index (χ3v) is 4.30. The van der Waals surface area contributed by atoms with E-state index in [0.717, 1.165) is 12.1 Å². The minimum atomic E-state index is -1.62. The Morgan fingerprint density at radius 3 is 2.48 bits per heavy atom. The molecule has 0 bridgehead atoms. The molecule has 0 radical (unpaired) electrons. The van der Waals surface area contributed by atoms with Crippen molar-refractivity contribution in [3.05, 3.63) is 99.0 Å². The monoisotopic (exact) mass is 398 g/mol. The minimum absolute atomic E-state index is 0.0927. The molecule has 29 heavy (non-hydrogen) atoms. The number of carbonyl (C=O) groups excluding carboxylic acids is 1. The number of hydrogen-bond acceptors (Lipinski definition) is 4. The SMILES string of the molecule is O=C(NCc1cccc(B(O)O)c1)c1ccc(Cc2ccc(F)c(F)c2)[nH]c1=O. The molecule has 0 aliphatic rings. The first-order valence-electron chi connectivity index (χ1n) is 8.73. The summed E-state index contributed by atoms with van der Waals surface area (Å²) in [5.41, 5.74) is 1.14. The molecule has 0 atom stereocenters. The number of nitrogens with one attached hydrogen (secondary N) is 2. The lowest BCUT2D eigenvalue weighted by atomic mass is 9.79. The summed E-state index contributed by atoms with van der Waals surface area (Å²) in [5, 5.41) is 21.0.